The van der Waals surface area contributed by atoms with Crippen LogP contribution in [0, 0.1) is 0 Å². The lowest BCUT2D eigenvalue weighted by molar-refractivity contribution is 0.319. The molecule has 2 heterocycles. The lowest BCUT2D eigenvalue weighted by atomic mass is 9.92. The Hall–Kier alpha value is -2.89. The van der Waals surface area contributed by atoms with Gasteiger partial charge in [0.05, 0.1) is 11.8 Å². The zero-order valence-electron chi connectivity index (χ0n) is 13.6. The van der Waals surface area contributed by atoms with Gasteiger partial charge in [-0.05, 0) is 60.9 Å². The van der Waals surface area contributed by atoms with Crippen molar-refractivity contribution in [2.24, 2.45) is 0 Å². The molecule has 2 aromatic heterocycles. The molecule has 5 nitrogen and oxygen atoms in total. The van der Waals surface area contributed by atoms with Gasteiger partial charge >= 0.3 is 0 Å². The Bertz CT molecular complexity index is 940. The van der Waals surface area contributed by atoms with Crippen LogP contribution in [0.15, 0.2) is 42.4 Å². The molecule has 0 aliphatic heterocycles. The lowest BCUT2D eigenvalue weighted by Crippen LogP contribution is -2.10. The Kier molecular flexibility index (Phi) is 4.09. The Labute approximate surface area is 144 Å². The van der Waals surface area contributed by atoms with Crippen molar-refractivity contribution in [2.75, 3.05) is 0 Å². The summed E-state index contributed by atoms with van der Waals surface area (Å²) < 4.78 is 13.9. The van der Waals surface area contributed by atoms with Crippen LogP contribution in [0.5, 0.6) is 5.75 Å². The maximum atomic E-state index is 13.9. The van der Waals surface area contributed by atoms with E-state index in [2.05, 4.69) is 20.2 Å². The second-order valence-corrected chi connectivity index (χ2v) is 6.23. The molecule has 1 fully saturated rings. The summed E-state index contributed by atoms with van der Waals surface area (Å²) in [7, 11) is 0. The van der Waals surface area contributed by atoms with Crippen LogP contribution in [0.1, 0.15) is 31.4 Å². The highest BCUT2D eigenvalue weighted by molar-refractivity contribution is 5.88. The summed E-state index contributed by atoms with van der Waals surface area (Å²) in [6, 6.07) is 5.29. The van der Waals surface area contributed by atoms with Gasteiger partial charge in [0.15, 0.2) is 5.82 Å². The van der Waals surface area contributed by atoms with Crippen LogP contribution in [0.4, 0.5) is 4.39 Å². The predicted molar refractivity (Wildman–Crippen MR) is 93.6 cm³/mol. The molecule has 0 bridgehead atoms. The van der Waals surface area contributed by atoms with E-state index in [4.69, 9.17) is 0 Å². The molecule has 0 amide bonds. The van der Waals surface area contributed by atoms with Crippen molar-refractivity contribution >= 4 is 16.8 Å². The Morgan fingerprint density at radius 1 is 1.12 bits per heavy atom. The van der Waals surface area contributed by atoms with Gasteiger partial charge < -0.3 is 5.11 Å². The molecule has 1 atom stereocenters. The normalized spacial score (nSPS) is 19.4. The van der Waals surface area contributed by atoms with Crippen LogP contribution < -0.4 is 0 Å². The van der Waals surface area contributed by atoms with E-state index >= 15 is 0 Å². The van der Waals surface area contributed by atoms with Gasteiger partial charge in [0.1, 0.15) is 17.6 Å². The molecule has 0 radical (unpaired) electrons. The second kappa shape index (κ2) is 6.55. The molecule has 1 saturated carbocycles. The lowest BCUT2D eigenvalue weighted by Gasteiger charge is -2.18. The summed E-state index contributed by atoms with van der Waals surface area (Å²) in [5, 5.41) is 20.2. The number of aromatic nitrogens is 4. The minimum atomic E-state index is -0.895. The van der Waals surface area contributed by atoms with Crippen molar-refractivity contribution in [2.45, 2.75) is 31.9 Å². The number of aromatic hydroxyl groups is 1. The zero-order valence-corrected chi connectivity index (χ0v) is 13.6. The van der Waals surface area contributed by atoms with Gasteiger partial charge in [0.2, 0.25) is 0 Å². The standard InChI is InChI=1S/C19H17FN4O/c20-17-4-2-1-3-13(17)7-15-11-22-19(24-23-15)16-8-12-5-6-21-10-14(12)9-18(16)25/h5-11,17,25H,1-4H2/b13-7+/t17-/m1/s1. The quantitative estimate of drug-likeness (QED) is 0.763. The van der Waals surface area contributed by atoms with Crippen LogP contribution in [-0.2, 0) is 0 Å². The molecular formula is C19H17FN4O. The summed E-state index contributed by atoms with van der Waals surface area (Å²) in [6.45, 7) is 0. The number of phenols is 1. The predicted octanol–water partition coefficient (Wildman–Crippen LogP) is 4.09. The number of benzene rings is 1. The Morgan fingerprint density at radius 2 is 2.04 bits per heavy atom. The van der Waals surface area contributed by atoms with Gasteiger partial charge in [-0.15, -0.1) is 10.2 Å². The summed E-state index contributed by atoms with van der Waals surface area (Å²) >= 11 is 0. The fourth-order valence-corrected chi connectivity index (χ4v) is 3.12. The molecule has 0 unspecified atom stereocenters. The number of alkyl halides is 1. The maximum Gasteiger partial charge on any atom is 0.185 e. The van der Waals surface area contributed by atoms with Gasteiger partial charge in [-0.1, -0.05) is 0 Å². The van der Waals surface area contributed by atoms with E-state index < -0.39 is 6.17 Å². The van der Waals surface area contributed by atoms with Crippen LogP contribution in [0.25, 0.3) is 28.2 Å². The number of allylic oxidation sites excluding steroid dienone is 1. The molecule has 4 rings (SSSR count). The monoisotopic (exact) mass is 336 g/mol. The molecule has 1 aliphatic carbocycles. The molecule has 3 aromatic rings. The molecule has 0 saturated heterocycles. The third kappa shape index (κ3) is 3.20. The van der Waals surface area contributed by atoms with E-state index in [1.54, 1.807) is 36.8 Å². The van der Waals surface area contributed by atoms with Crippen molar-refractivity contribution < 1.29 is 9.50 Å². The van der Waals surface area contributed by atoms with E-state index in [-0.39, 0.29) is 5.75 Å². The average Bonchev–Trinajstić information content (AvgIpc) is 2.64. The smallest absolute Gasteiger partial charge is 0.185 e. The SMILES string of the molecule is Oc1cc2cnccc2cc1-c1ncc(/C=C2\CCCC[C@H]2F)nn1. The minimum absolute atomic E-state index is 0.0736. The Balaban J connectivity index is 1.66. The van der Waals surface area contributed by atoms with Crippen LogP contribution in [-0.4, -0.2) is 31.4 Å². The summed E-state index contributed by atoms with van der Waals surface area (Å²) in [5.41, 5.74) is 1.80. The van der Waals surface area contributed by atoms with E-state index in [0.29, 0.717) is 23.5 Å². The first-order valence-corrected chi connectivity index (χ1v) is 8.32. The first-order chi connectivity index (χ1) is 12.2. The van der Waals surface area contributed by atoms with Crippen molar-refractivity contribution in [1.82, 2.24) is 20.2 Å². The molecule has 25 heavy (non-hydrogen) atoms. The number of hydrogen-bond acceptors (Lipinski definition) is 5. The number of nitrogens with zero attached hydrogens (tertiary/aromatic N) is 4. The van der Waals surface area contributed by atoms with E-state index in [9.17, 15) is 9.50 Å². The number of fused-ring (bicyclic) bond motifs is 1. The number of hydrogen-bond donors (Lipinski definition) is 1. The molecule has 1 N–H and O–H groups in total. The Morgan fingerprint density at radius 3 is 2.84 bits per heavy atom. The van der Waals surface area contributed by atoms with Crippen molar-refractivity contribution in [3.05, 3.63) is 48.1 Å². The highest BCUT2D eigenvalue weighted by Crippen LogP contribution is 2.31. The van der Waals surface area contributed by atoms with E-state index in [0.717, 1.165) is 35.6 Å². The van der Waals surface area contributed by atoms with Crippen LogP contribution >= 0.6 is 0 Å². The number of pyridine rings is 1. The number of phenolic OH excluding ortho intramolecular Hbond substituents is 1. The fraction of sp³-hybridized carbons (Fsp3) is 0.263. The first-order valence-electron chi connectivity index (χ1n) is 8.32. The minimum Gasteiger partial charge on any atom is -0.507 e. The van der Waals surface area contributed by atoms with Crippen molar-refractivity contribution in [1.29, 1.82) is 0 Å². The van der Waals surface area contributed by atoms with Gasteiger partial charge in [-0.2, -0.15) is 0 Å². The van der Waals surface area contributed by atoms with Crippen LogP contribution in [0.3, 0.4) is 0 Å². The second-order valence-electron chi connectivity index (χ2n) is 6.23. The van der Waals surface area contributed by atoms with Gasteiger partial charge in [-0.25, -0.2) is 9.37 Å². The van der Waals surface area contributed by atoms with Crippen molar-refractivity contribution in [3.8, 4) is 17.1 Å². The molecule has 0 spiro atoms. The number of rotatable bonds is 2. The first kappa shape index (κ1) is 15.6. The summed E-state index contributed by atoms with van der Waals surface area (Å²) in [5.74, 6) is 0.406. The average molecular weight is 336 g/mol. The topological polar surface area (TPSA) is 71.8 Å². The molecule has 126 valence electrons. The molecular weight excluding hydrogens is 319 g/mol. The summed E-state index contributed by atoms with van der Waals surface area (Å²) in [4.78, 5) is 8.33. The highest BCUT2D eigenvalue weighted by atomic mass is 19.1. The van der Waals surface area contributed by atoms with Crippen molar-refractivity contribution in [3.63, 3.8) is 0 Å². The largest absolute Gasteiger partial charge is 0.507 e. The maximum absolute atomic E-state index is 13.9. The van der Waals surface area contributed by atoms with Gasteiger partial charge in [0, 0.05) is 17.8 Å². The molecule has 6 heteroatoms. The highest BCUT2D eigenvalue weighted by Gasteiger charge is 2.18. The molecule has 1 aliphatic rings. The fourth-order valence-electron chi connectivity index (χ4n) is 3.12. The van der Waals surface area contributed by atoms with E-state index in [1.165, 1.54) is 0 Å². The van der Waals surface area contributed by atoms with Crippen LogP contribution in [0.2, 0.25) is 0 Å². The molecule has 1 aromatic carbocycles. The van der Waals surface area contributed by atoms with Gasteiger partial charge in [0.25, 0.3) is 0 Å². The zero-order chi connectivity index (χ0) is 17.2. The third-order valence-corrected chi connectivity index (χ3v) is 4.48. The van der Waals surface area contributed by atoms with E-state index in [1.807, 2.05) is 6.07 Å². The third-order valence-electron chi connectivity index (χ3n) is 4.48. The number of halogens is 1. The summed E-state index contributed by atoms with van der Waals surface area (Å²) in [6.07, 6.45) is 9.04. The van der Waals surface area contributed by atoms with Gasteiger partial charge in [-0.3, -0.25) is 4.98 Å².